The Morgan fingerprint density at radius 3 is 2.50 bits per heavy atom. The van der Waals surface area contributed by atoms with Gasteiger partial charge in [0, 0.05) is 0 Å². The van der Waals surface area contributed by atoms with Crippen LogP contribution in [0.15, 0.2) is 35.5 Å². The summed E-state index contributed by atoms with van der Waals surface area (Å²) in [5.74, 6) is 0.424. The van der Waals surface area contributed by atoms with Crippen molar-refractivity contribution in [3.05, 3.63) is 35.5 Å². The molecule has 0 amide bonds. The minimum Gasteiger partial charge on any atom is -0.386 e. The van der Waals surface area contributed by atoms with Crippen molar-refractivity contribution in [3.63, 3.8) is 0 Å². The van der Waals surface area contributed by atoms with Crippen LogP contribution in [0.2, 0.25) is 0 Å². The van der Waals surface area contributed by atoms with Gasteiger partial charge in [0.25, 0.3) is 0 Å². The van der Waals surface area contributed by atoms with E-state index in [1.54, 1.807) is 0 Å². The Morgan fingerprint density at radius 2 is 1.82 bits per heavy atom. The maximum absolute atomic E-state index is 10.6. The number of fused-ring (bicyclic) bond motifs is 1. The number of rotatable bonds is 1. The van der Waals surface area contributed by atoms with Gasteiger partial charge in [-0.15, -0.1) is 0 Å². The molecule has 0 saturated carbocycles. The average Bonchev–Trinajstić information content (AvgIpc) is 3.10. The van der Waals surface area contributed by atoms with Crippen molar-refractivity contribution in [3.8, 4) is 0 Å². The summed E-state index contributed by atoms with van der Waals surface area (Å²) in [6.07, 6.45) is 13.8. The van der Waals surface area contributed by atoms with Gasteiger partial charge in [-0.1, -0.05) is 49.3 Å². The molecule has 22 heavy (non-hydrogen) atoms. The lowest BCUT2D eigenvalue weighted by Crippen LogP contribution is -2.25. The number of ether oxygens (including phenoxy) is 1. The molecule has 1 heterocycles. The lowest BCUT2D eigenvalue weighted by Gasteiger charge is -2.21. The van der Waals surface area contributed by atoms with Crippen molar-refractivity contribution in [1.82, 2.24) is 0 Å². The van der Waals surface area contributed by atoms with E-state index in [4.69, 9.17) is 4.74 Å². The molecule has 1 aliphatic carbocycles. The normalized spacial score (nSPS) is 43.3. The predicted octanol–water partition coefficient (Wildman–Crippen LogP) is 4.94. The number of hydrogen-bond acceptors (Lipinski definition) is 2. The molecule has 1 fully saturated rings. The molecule has 1 saturated heterocycles. The van der Waals surface area contributed by atoms with Gasteiger partial charge in [0.05, 0.1) is 11.7 Å². The summed E-state index contributed by atoms with van der Waals surface area (Å²) in [5, 5.41) is 10.6. The lowest BCUT2D eigenvalue weighted by atomic mass is 9.86. The second-order valence-corrected chi connectivity index (χ2v) is 7.69. The first-order valence-electron chi connectivity index (χ1n) is 8.67. The zero-order valence-corrected chi connectivity index (χ0v) is 14.9. The monoisotopic (exact) mass is 304 g/mol. The van der Waals surface area contributed by atoms with Gasteiger partial charge in [-0.3, -0.25) is 0 Å². The first kappa shape index (κ1) is 17.5. The third-order valence-corrected chi connectivity index (χ3v) is 5.08. The van der Waals surface area contributed by atoms with Crippen LogP contribution in [0.3, 0.4) is 0 Å². The molecule has 0 aromatic carbocycles. The highest BCUT2D eigenvalue weighted by Crippen LogP contribution is 2.47. The first-order chi connectivity index (χ1) is 10.3. The molecule has 124 valence electrons. The zero-order chi connectivity index (χ0) is 16.4. The molecule has 2 aliphatic rings. The third kappa shape index (κ3) is 4.33. The number of aliphatic hydroxyl groups is 1. The molecule has 2 nitrogen and oxygen atoms in total. The van der Waals surface area contributed by atoms with E-state index < -0.39 is 5.60 Å². The fraction of sp³-hybridized carbons (Fsp3) is 0.700. The van der Waals surface area contributed by atoms with E-state index in [1.165, 1.54) is 11.1 Å². The van der Waals surface area contributed by atoms with Gasteiger partial charge in [-0.05, 0) is 58.8 Å². The Hall–Kier alpha value is -0.860. The Morgan fingerprint density at radius 1 is 1.14 bits per heavy atom. The van der Waals surface area contributed by atoms with E-state index in [0.29, 0.717) is 5.92 Å². The molecular weight excluding hydrogens is 272 g/mol. The Labute approximate surface area is 136 Å². The highest BCUT2D eigenvalue weighted by molar-refractivity contribution is 5.23. The quantitative estimate of drug-likeness (QED) is 0.549. The molecule has 2 heteroatoms. The molecular formula is C20H32O2. The Balaban J connectivity index is 2.21. The summed E-state index contributed by atoms with van der Waals surface area (Å²) in [6.45, 7) is 10.7. The van der Waals surface area contributed by atoms with Crippen LogP contribution in [-0.4, -0.2) is 22.4 Å². The second-order valence-electron chi connectivity index (χ2n) is 7.69. The van der Waals surface area contributed by atoms with Crippen LogP contribution in [0.25, 0.3) is 0 Å². The van der Waals surface area contributed by atoms with Crippen molar-refractivity contribution in [1.29, 1.82) is 0 Å². The maximum atomic E-state index is 10.6. The Kier molecular flexibility index (Phi) is 5.34. The topological polar surface area (TPSA) is 32.8 Å². The summed E-state index contributed by atoms with van der Waals surface area (Å²) in [5.41, 5.74) is 1.89. The SMILES string of the molecule is C/C1=C/CCC(C)(O)/C=C/C2(C(C)C)OC2C/C(C)=C\CC1. The largest absolute Gasteiger partial charge is 0.386 e. The van der Waals surface area contributed by atoms with Crippen molar-refractivity contribution >= 4 is 0 Å². The molecule has 2 rings (SSSR count). The van der Waals surface area contributed by atoms with E-state index in [1.807, 2.05) is 13.0 Å². The smallest absolute Gasteiger partial charge is 0.116 e. The van der Waals surface area contributed by atoms with Crippen molar-refractivity contribution in [2.24, 2.45) is 5.92 Å². The molecule has 3 unspecified atom stereocenters. The minimum atomic E-state index is -0.760. The third-order valence-electron chi connectivity index (χ3n) is 5.08. The van der Waals surface area contributed by atoms with Crippen molar-refractivity contribution < 1.29 is 9.84 Å². The molecule has 3 atom stereocenters. The van der Waals surface area contributed by atoms with Crippen LogP contribution in [0.1, 0.15) is 66.7 Å². The molecule has 1 aliphatic heterocycles. The van der Waals surface area contributed by atoms with Crippen LogP contribution in [0, 0.1) is 5.92 Å². The molecule has 0 radical (unpaired) electrons. The molecule has 1 N–H and O–H groups in total. The number of epoxide rings is 1. The number of hydrogen-bond donors (Lipinski definition) is 1. The van der Waals surface area contributed by atoms with Crippen molar-refractivity contribution in [2.75, 3.05) is 0 Å². The minimum absolute atomic E-state index is 0.186. The van der Waals surface area contributed by atoms with Crippen LogP contribution in [-0.2, 0) is 4.74 Å². The van der Waals surface area contributed by atoms with E-state index in [2.05, 4.69) is 45.9 Å². The highest BCUT2D eigenvalue weighted by Gasteiger charge is 2.56. The fourth-order valence-electron chi connectivity index (χ4n) is 3.29. The van der Waals surface area contributed by atoms with Gasteiger partial charge >= 0.3 is 0 Å². The van der Waals surface area contributed by atoms with Gasteiger partial charge in [0.2, 0.25) is 0 Å². The fourth-order valence-corrected chi connectivity index (χ4v) is 3.29. The van der Waals surface area contributed by atoms with Crippen LogP contribution < -0.4 is 0 Å². The van der Waals surface area contributed by atoms with Gasteiger partial charge < -0.3 is 9.84 Å². The van der Waals surface area contributed by atoms with Crippen LogP contribution >= 0.6 is 0 Å². The summed E-state index contributed by atoms with van der Waals surface area (Å²) >= 11 is 0. The lowest BCUT2D eigenvalue weighted by molar-refractivity contribution is 0.101. The highest BCUT2D eigenvalue weighted by atomic mass is 16.6. The standard InChI is InChI=1S/C20H32O2/c1-15(2)20-13-12-19(5,21)11-7-10-16(3)8-6-9-17(4)14-18(20)22-20/h9-10,12-13,15,18,21H,6-8,11,14H2,1-5H3/b13-12+,16-10-,17-9-. The first-order valence-corrected chi connectivity index (χ1v) is 8.67. The number of allylic oxidation sites excluding steroid dienone is 3. The van der Waals surface area contributed by atoms with Gasteiger partial charge in [-0.25, -0.2) is 0 Å². The van der Waals surface area contributed by atoms with Crippen LogP contribution in [0.5, 0.6) is 0 Å². The molecule has 0 bridgehead atoms. The summed E-state index contributed by atoms with van der Waals surface area (Å²) in [4.78, 5) is 0. The maximum Gasteiger partial charge on any atom is 0.116 e. The van der Waals surface area contributed by atoms with E-state index >= 15 is 0 Å². The summed E-state index contributed by atoms with van der Waals surface area (Å²) < 4.78 is 6.08. The Bertz CT molecular complexity index is 482. The van der Waals surface area contributed by atoms with Crippen LogP contribution in [0.4, 0.5) is 0 Å². The van der Waals surface area contributed by atoms with Gasteiger partial charge in [0.15, 0.2) is 0 Å². The molecule has 0 aromatic rings. The second kappa shape index (κ2) is 6.72. The summed E-state index contributed by atoms with van der Waals surface area (Å²) in [6, 6.07) is 0. The van der Waals surface area contributed by atoms with Gasteiger partial charge in [-0.2, -0.15) is 0 Å². The van der Waals surface area contributed by atoms with Crippen molar-refractivity contribution in [2.45, 2.75) is 84.0 Å². The predicted molar refractivity (Wildman–Crippen MR) is 92.8 cm³/mol. The molecule has 0 spiro atoms. The van der Waals surface area contributed by atoms with Gasteiger partial charge in [0.1, 0.15) is 5.60 Å². The molecule has 0 aromatic heterocycles. The van der Waals surface area contributed by atoms with E-state index in [-0.39, 0.29) is 11.7 Å². The summed E-state index contributed by atoms with van der Waals surface area (Å²) in [7, 11) is 0. The zero-order valence-electron chi connectivity index (χ0n) is 14.9. The van der Waals surface area contributed by atoms with E-state index in [0.717, 1.165) is 32.1 Å². The van der Waals surface area contributed by atoms with E-state index in [9.17, 15) is 5.11 Å². The average molecular weight is 304 g/mol.